The molecule has 26 heavy (non-hydrogen) atoms. The monoisotopic (exact) mass is 362 g/mol. The quantitative estimate of drug-likeness (QED) is 0.788. The molecule has 2 aliphatic heterocycles. The van der Waals surface area contributed by atoms with Gasteiger partial charge in [0.25, 0.3) is 0 Å². The molecule has 1 aromatic carbocycles. The number of piperazine rings is 1. The van der Waals surface area contributed by atoms with Crippen LogP contribution in [0.3, 0.4) is 0 Å². The molecule has 2 saturated heterocycles. The number of rotatable bonds is 6. The summed E-state index contributed by atoms with van der Waals surface area (Å²) in [6, 6.07) is 6.54. The first kappa shape index (κ1) is 18.8. The number of nitrogens with zero attached hydrogens (tertiary/aromatic N) is 2. The van der Waals surface area contributed by atoms with Crippen LogP contribution in [-0.4, -0.2) is 81.9 Å². The van der Waals surface area contributed by atoms with Crippen LogP contribution in [0.15, 0.2) is 18.2 Å². The van der Waals surface area contributed by atoms with Gasteiger partial charge in [0.05, 0.1) is 14.2 Å². The van der Waals surface area contributed by atoms with Gasteiger partial charge in [-0.05, 0) is 37.1 Å². The highest BCUT2D eigenvalue weighted by molar-refractivity contribution is 5.74. The van der Waals surface area contributed by atoms with Crippen molar-refractivity contribution in [2.45, 2.75) is 18.9 Å². The molecule has 2 aliphatic rings. The zero-order valence-electron chi connectivity index (χ0n) is 15.8. The number of ether oxygens (including phenoxy) is 2. The molecule has 144 valence electrons. The second kappa shape index (κ2) is 9.09. The van der Waals surface area contributed by atoms with E-state index in [-0.39, 0.29) is 6.03 Å². The second-order valence-corrected chi connectivity index (χ2v) is 6.84. The Labute approximate surface area is 155 Å². The number of hydrogen-bond donors (Lipinski definition) is 2. The average molecular weight is 362 g/mol. The molecule has 0 bridgehead atoms. The van der Waals surface area contributed by atoms with Crippen LogP contribution in [0.5, 0.6) is 11.5 Å². The lowest BCUT2D eigenvalue weighted by atomic mass is 10.1. The van der Waals surface area contributed by atoms with E-state index < -0.39 is 0 Å². The molecule has 2 heterocycles. The van der Waals surface area contributed by atoms with Crippen molar-refractivity contribution in [2.24, 2.45) is 0 Å². The van der Waals surface area contributed by atoms with Crippen LogP contribution in [0.25, 0.3) is 0 Å². The third-order valence-corrected chi connectivity index (χ3v) is 5.29. The van der Waals surface area contributed by atoms with Gasteiger partial charge in [0.2, 0.25) is 0 Å². The smallest absolute Gasteiger partial charge is 0.317 e. The van der Waals surface area contributed by atoms with Crippen LogP contribution >= 0.6 is 0 Å². The fourth-order valence-corrected chi connectivity index (χ4v) is 3.70. The summed E-state index contributed by atoms with van der Waals surface area (Å²) in [5, 5.41) is 6.45. The predicted octanol–water partition coefficient (Wildman–Crippen LogP) is 0.935. The standard InChI is InChI=1S/C19H30N4O3/c1-25-17-4-3-15(13-18(17)26-2)5-8-21-19(24)23-11-9-22(10-12-23)16-6-7-20-14-16/h3-4,13,16,20H,5-12,14H2,1-2H3,(H,21,24)/t16-/m0/s1. The molecule has 0 saturated carbocycles. The van der Waals surface area contributed by atoms with Crippen LogP contribution in [0.4, 0.5) is 4.79 Å². The summed E-state index contributed by atoms with van der Waals surface area (Å²) in [6.45, 7) is 6.35. The molecule has 2 fully saturated rings. The number of nitrogens with one attached hydrogen (secondary N) is 2. The van der Waals surface area contributed by atoms with E-state index in [0.29, 0.717) is 18.3 Å². The Kier molecular flexibility index (Phi) is 6.57. The molecule has 0 aromatic heterocycles. The normalized spacial score (nSPS) is 20.8. The van der Waals surface area contributed by atoms with E-state index >= 15 is 0 Å². The third kappa shape index (κ3) is 4.59. The summed E-state index contributed by atoms with van der Waals surface area (Å²) >= 11 is 0. The lowest BCUT2D eigenvalue weighted by Crippen LogP contribution is -2.54. The van der Waals surface area contributed by atoms with Gasteiger partial charge < -0.3 is 25.0 Å². The molecule has 0 aliphatic carbocycles. The van der Waals surface area contributed by atoms with Gasteiger partial charge in [-0.15, -0.1) is 0 Å². The first-order valence-corrected chi connectivity index (χ1v) is 9.39. The highest BCUT2D eigenvalue weighted by Crippen LogP contribution is 2.27. The van der Waals surface area contributed by atoms with Gasteiger partial charge in [0.1, 0.15) is 0 Å². The number of methoxy groups -OCH3 is 2. The van der Waals surface area contributed by atoms with E-state index in [4.69, 9.17) is 9.47 Å². The minimum absolute atomic E-state index is 0.0367. The van der Waals surface area contributed by atoms with Crippen LogP contribution in [0.2, 0.25) is 0 Å². The maximum absolute atomic E-state index is 12.4. The molecule has 7 nitrogen and oxygen atoms in total. The number of carbonyl (C=O) groups excluding carboxylic acids is 1. The largest absolute Gasteiger partial charge is 0.493 e. The van der Waals surface area contributed by atoms with Gasteiger partial charge in [-0.3, -0.25) is 4.90 Å². The first-order chi connectivity index (χ1) is 12.7. The Morgan fingerprint density at radius 3 is 2.62 bits per heavy atom. The maximum Gasteiger partial charge on any atom is 0.317 e. The van der Waals surface area contributed by atoms with Gasteiger partial charge >= 0.3 is 6.03 Å². The second-order valence-electron chi connectivity index (χ2n) is 6.84. The summed E-state index contributed by atoms with van der Waals surface area (Å²) in [7, 11) is 3.26. The summed E-state index contributed by atoms with van der Waals surface area (Å²) in [5.74, 6) is 1.43. The third-order valence-electron chi connectivity index (χ3n) is 5.29. The lowest BCUT2D eigenvalue weighted by molar-refractivity contribution is 0.114. The molecular formula is C19H30N4O3. The van der Waals surface area contributed by atoms with Gasteiger partial charge in [-0.2, -0.15) is 0 Å². The molecule has 2 amide bonds. The van der Waals surface area contributed by atoms with Crippen LogP contribution in [0, 0.1) is 0 Å². The zero-order valence-corrected chi connectivity index (χ0v) is 15.8. The Morgan fingerprint density at radius 1 is 1.19 bits per heavy atom. The van der Waals surface area contributed by atoms with Crippen molar-refractivity contribution in [3.8, 4) is 11.5 Å². The Bertz CT molecular complexity index is 596. The van der Waals surface area contributed by atoms with Crippen molar-refractivity contribution in [1.29, 1.82) is 0 Å². The highest BCUT2D eigenvalue weighted by atomic mass is 16.5. The van der Waals surface area contributed by atoms with Gasteiger partial charge in [0, 0.05) is 45.3 Å². The van der Waals surface area contributed by atoms with Crippen molar-refractivity contribution >= 4 is 6.03 Å². The zero-order chi connectivity index (χ0) is 18.4. The van der Waals surface area contributed by atoms with Gasteiger partial charge in [-0.1, -0.05) is 6.07 Å². The molecule has 2 N–H and O–H groups in total. The minimum atomic E-state index is 0.0367. The number of urea groups is 1. The number of amides is 2. The van der Waals surface area contributed by atoms with E-state index in [1.807, 2.05) is 23.1 Å². The average Bonchev–Trinajstić information content (AvgIpc) is 3.22. The molecule has 3 rings (SSSR count). The lowest BCUT2D eigenvalue weighted by Gasteiger charge is -2.37. The predicted molar refractivity (Wildman–Crippen MR) is 101 cm³/mol. The van der Waals surface area contributed by atoms with Crippen molar-refractivity contribution in [1.82, 2.24) is 20.4 Å². The van der Waals surface area contributed by atoms with Crippen molar-refractivity contribution in [2.75, 3.05) is 60.0 Å². The van der Waals surface area contributed by atoms with Crippen molar-refractivity contribution < 1.29 is 14.3 Å². The van der Waals surface area contributed by atoms with E-state index in [0.717, 1.165) is 57.0 Å². The van der Waals surface area contributed by atoms with Crippen LogP contribution in [0.1, 0.15) is 12.0 Å². The minimum Gasteiger partial charge on any atom is -0.493 e. The molecule has 1 atom stereocenters. The Balaban J connectivity index is 1.40. The topological polar surface area (TPSA) is 66.1 Å². The molecule has 0 unspecified atom stereocenters. The Hall–Kier alpha value is -1.99. The molecule has 0 spiro atoms. The van der Waals surface area contributed by atoms with Crippen molar-refractivity contribution in [3.63, 3.8) is 0 Å². The summed E-state index contributed by atoms with van der Waals surface area (Å²) in [5.41, 5.74) is 1.11. The van der Waals surface area contributed by atoms with E-state index in [9.17, 15) is 4.79 Å². The fourth-order valence-electron chi connectivity index (χ4n) is 3.70. The molecule has 1 aromatic rings. The summed E-state index contributed by atoms with van der Waals surface area (Å²) in [4.78, 5) is 16.8. The van der Waals surface area contributed by atoms with Gasteiger partial charge in [-0.25, -0.2) is 4.79 Å². The SMILES string of the molecule is COc1ccc(CCNC(=O)N2CCN([C@H]3CCNC3)CC2)cc1OC. The number of hydrogen-bond acceptors (Lipinski definition) is 5. The molecular weight excluding hydrogens is 332 g/mol. The fraction of sp³-hybridized carbons (Fsp3) is 0.632. The van der Waals surface area contributed by atoms with Crippen LogP contribution < -0.4 is 20.1 Å². The van der Waals surface area contributed by atoms with Crippen molar-refractivity contribution in [3.05, 3.63) is 23.8 Å². The molecule has 0 radical (unpaired) electrons. The van der Waals surface area contributed by atoms with E-state index in [1.165, 1.54) is 6.42 Å². The molecule has 7 heteroatoms. The van der Waals surface area contributed by atoms with Crippen LogP contribution in [-0.2, 0) is 6.42 Å². The van der Waals surface area contributed by atoms with E-state index in [2.05, 4.69) is 15.5 Å². The van der Waals surface area contributed by atoms with E-state index in [1.54, 1.807) is 14.2 Å². The highest BCUT2D eigenvalue weighted by Gasteiger charge is 2.27. The summed E-state index contributed by atoms with van der Waals surface area (Å²) in [6.07, 6.45) is 1.98. The number of carbonyl (C=O) groups is 1. The summed E-state index contributed by atoms with van der Waals surface area (Å²) < 4.78 is 10.6. The maximum atomic E-state index is 12.4. The number of benzene rings is 1. The Morgan fingerprint density at radius 2 is 1.96 bits per heavy atom. The van der Waals surface area contributed by atoms with Gasteiger partial charge in [0.15, 0.2) is 11.5 Å². The first-order valence-electron chi connectivity index (χ1n) is 9.39.